The summed E-state index contributed by atoms with van der Waals surface area (Å²) in [5.41, 5.74) is 0. The second-order valence-corrected chi connectivity index (χ2v) is 5.13. The van der Waals surface area contributed by atoms with Crippen LogP contribution in [-0.2, 0) is 14.3 Å². The minimum Gasteiger partial charge on any atom is -0.370 e. The van der Waals surface area contributed by atoms with Crippen LogP contribution in [0.5, 0.6) is 0 Å². The van der Waals surface area contributed by atoms with Crippen LogP contribution in [0.15, 0.2) is 0 Å². The van der Waals surface area contributed by atoms with Crippen molar-refractivity contribution in [2.45, 2.75) is 31.5 Å². The summed E-state index contributed by atoms with van der Waals surface area (Å²) in [5.74, 6) is -0.230. The van der Waals surface area contributed by atoms with E-state index in [-0.39, 0.29) is 43.8 Å². The molecule has 1 unspecified atom stereocenters. The van der Waals surface area contributed by atoms with Crippen molar-refractivity contribution in [3.63, 3.8) is 0 Å². The van der Waals surface area contributed by atoms with Gasteiger partial charge in [-0.3, -0.25) is 9.59 Å². The largest absolute Gasteiger partial charge is 0.411 e. The molecule has 2 fully saturated rings. The highest BCUT2D eigenvalue weighted by molar-refractivity contribution is 5.90. The van der Waals surface area contributed by atoms with E-state index in [0.717, 1.165) is 12.8 Å². The molecule has 2 aliphatic rings. The van der Waals surface area contributed by atoms with E-state index in [1.54, 1.807) is 0 Å². The third-order valence-electron chi connectivity index (χ3n) is 3.37. The van der Waals surface area contributed by atoms with Crippen LogP contribution in [0.2, 0.25) is 0 Å². The highest BCUT2D eigenvalue weighted by Crippen LogP contribution is 2.34. The molecule has 0 radical (unpaired) electrons. The maximum absolute atomic E-state index is 12.2. The summed E-state index contributed by atoms with van der Waals surface area (Å²) >= 11 is 0. The lowest BCUT2D eigenvalue weighted by atomic mass is 10.1. The molecular weight excluding hydrogens is 277 g/mol. The van der Waals surface area contributed by atoms with Crippen LogP contribution < -0.4 is 5.32 Å². The molecule has 2 amide bonds. The standard InChI is InChI=1S/C12H17F3N2O3/c13-12(14,15)7-20-6-5-17-4-3-9(18)16-10(11(17)19)8-1-2-8/h8,10H,1-7H2,(H,16,18). The molecule has 1 aliphatic carbocycles. The Morgan fingerprint density at radius 1 is 1.30 bits per heavy atom. The van der Waals surface area contributed by atoms with Gasteiger partial charge in [-0.15, -0.1) is 0 Å². The summed E-state index contributed by atoms with van der Waals surface area (Å²) in [6.07, 6.45) is -2.39. The van der Waals surface area contributed by atoms with E-state index in [1.807, 2.05) is 0 Å². The Hall–Kier alpha value is -1.31. The number of nitrogens with zero attached hydrogens (tertiary/aromatic N) is 1. The average molecular weight is 294 g/mol. The van der Waals surface area contributed by atoms with Crippen molar-refractivity contribution in [2.75, 3.05) is 26.3 Å². The highest BCUT2D eigenvalue weighted by atomic mass is 19.4. The summed E-state index contributed by atoms with van der Waals surface area (Å²) in [6, 6.07) is -0.521. The van der Waals surface area contributed by atoms with Gasteiger partial charge in [-0.25, -0.2) is 0 Å². The van der Waals surface area contributed by atoms with Crippen molar-refractivity contribution in [3.05, 3.63) is 0 Å². The quantitative estimate of drug-likeness (QED) is 0.759. The molecule has 1 aliphatic heterocycles. The van der Waals surface area contributed by atoms with Crippen LogP contribution >= 0.6 is 0 Å². The third-order valence-corrected chi connectivity index (χ3v) is 3.37. The molecule has 1 N–H and O–H groups in total. The average Bonchev–Trinajstić information content (AvgIpc) is 3.16. The minimum absolute atomic E-state index is 0.0765. The number of amides is 2. The predicted octanol–water partition coefficient (Wildman–Crippen LogP) is 0.692. The molecule has 8 heteroatoms. The van der Waals surface area contributed by atoms with E-state index in [0.29, 0.717) is 0 Å². The fourth-order valence-corrected chi connectivity index (χ4v) is 2.18. The van der Waals surface area contributed by atoms with Crippen LogP contribution in [0.25, 0.3) is 0 Å². The van der Waals surface area contributed by atoms with Crippen LogP contribution in [0.3, 0.4) is 0 Å². The molecule has 1 saturated carbocycles. The van der Waals surface area contributed by atoms with Crippen LogP contribution in [0.1, 0.15) is 19.3 Å². The van der Waals surface area contributed by atoms with Gasteiger partial charge >= 0.3 is 6.18 Å². The lowest BCUT2D eigenvalue weighted by Gasteiger charge is -2.24. The second kappa shape index (κ2) is 5.99. The van der Waals surface area contributed by atoms with Gasteiger partial charge in [0.15, 0.2) is 0 Å². The molecule has 1 saturated heterocycles. The second-order valence-electron chi connectivity index (χ2n) is 5.13. The number of nitrogens with one attached hydrogen (secondary N) is 1. The Kier molecular flexibility index (Phi) is 4.52. The van der Waals surface area contributed by atoms with Crippen LogP contribution in [0.4, 0.5) is 13.2 Å². The van der Waals surface area contributed by atoms with E-state index < -0.39 is 18.8 Å². The number of alkyl halides is 3. The fourth-order valence-electron chi connectivity index (χ4n) is 2.18. The Labute approximate surface area is 114 Å². The Morgan fingerprint density at radius 2 is 2.00 bits per heavy atom. The van der Waals surface area contributed by atoms with Crippen molar-refractivity contribution >= 4 is 11.8 Å². The Bertz CT molecular complexity index is 383. The first-order chi connectivity index (χ1) is 9.37. The predicted molar refractivity (Wildman–Crippen MR) is 62.7 cm³/mol. The molecule has 0 aromatic carbocycles. The SMILES string of the molecule is O=C1CCN(CCOCC(F)(F)F)C(=O)C(C2CC2)N1. The molecule has 0 spiro atoms. The van der Waals surface area contributed by atoms with Gasteiger partial charge in [-0.2, -0.15) is 13.2 Å². The van der Waals surface area contributed by atoms with Gasteiger partial charge in [-0.05, 0) is 18.8 Å². The molecule has 0 aromatic heterocycles. The lowest BCUT2D eigenvalue weighted by molar-refractivity contribution is -0.174. The number of hydrogen-bond acceptors (Lipinski definition) is 3. The lowest BCUT2D eigenvalue weighted by Crippen LogP contribution is -2.47. The zero-order chi connectivity index (χ0) is 14.8. The van der Waals surface area contributed by atoms with Crippen molar-refractivity contribution in [3.8, 4) is 0 Å². The first kappa shape index (κ1) is 15.1. The molecule has 5 nitrogen and oxygen atoms in total. The summed E-state index contributed by atoms with van der Waals surface area (Å²) < 4.78 is 40.3. The summed E-state index contributed by atoms with van der Waals surface area (Å²) in [4.78, 5) is 25.1. The first-order valence-corrected chi connectivity index (χ1v) is 6.59. The van der Waals surface area contributed by atoms with Crippen molar-refractivity contribution in [1.29, 1.82) is 0 Å². The van der Waals surface area contributed by atoms with Gasteiger partial charge in [0.05, 0.1) is 6.61 Å². The van der Waals surface area contributed by atoms with E-state index in [9.17, 15) is 22.8 Å². The molecule has 0 aromatic rings. The number of hydrogen-bond donors (Lipinski definition) is 1. The number of carbonyl (C=O) groups excluding carboxylic acids is 2. The molecular formula is C12H17F3N2O3. The van der Waals surface area contributed by atoms with Crippen LogP contribution in [-0.4, -0.2) is 55.2 Å². The van der Waals surface area contributed by atoms with E-state index in [2.05, 4.69) is 10.1 Å². The molecule has 20 heavy (non-hydrogen) atoms. The maximum atomic E-state index is 12.2. The van der Waals surface area contributed by atoms with Gasteiger partial charge in [0, 0.05) is 19.5 Å². The summed E-state index contributed by atoms with van der Waals surface area (Å²) in [7, 11) is 0. The Morgan fingerprint density at radius 3 is 2.60 bits per heavy atom. The van der Waals surface area contributed by atoms with Gasteiger partial charge < -0.3 is 15.0 Å². The molecule has 1 atom stereocenters. The normalized spacial score (nSPS) is 24.6. The van der Waals surface area contributed by atoms with Crippen molar-refractivity contribution < 1.29 is 27.5 Å². The molecule has 2 rings (SSSR count). The van der Waals surface area contributed by atoms with Crippen molar-refractivity contribution in [1.82, 2.24) is 10.2 Å². The van der Waals surface area contributed by atoms with Gasteiger partial charge in [0.25, 0.3) is 0 Å². The zero-order valence-electron chi connectivity index (χ0n) is 10.9. The topological polar surface area (TPSA) is 58.6 Å². The van der Waals surface area contributed by atoms with Crippen LogP contribution in [0, 0.1) is 5.92 Å². The smallest absolute Gasteiger partial charge is 0.370 e. The fraction of sp³-hybridized carbons (Fsp3) is 0.833. The Balaban J connectivity index is 1.83. The molecule has 1 heterocycles. The van der Waals surface area contributed by atoms with E-state index in [1.165, 1.54) is 4.90 Å². The molecule has 0 bridgehead atoms. The first-order valence-electron chi connectivity index (χ1n) is 6.59. The van der Waals surface area contributed by atoms with E-state index >= 15 is 0 Å². The highest BCUT2D eigenvalue weighted by Gasteiger charge is 2.40. The van der Waals surface area contributed by atoms with E-state index in [4.69, 9.17) is 0 Å². The minimum atomic E-state index is -4.36. The van der Waals surface area contributed by atoms with Crippen molar-refractivity contribution in [2.24, 2.45) is 5.92 Å². The third kappa shape index (κ3) is 4.36. The number of carbonyl (C=O) groups is 2. The zero-order valence-corrected chi connectivity index (χ0v) is 10.9. The maximum Gasteiger partial charge on any atom is 0.411 e. The number of ether oxygens (including phenoxy) is 1. The number of rotatable bonds is 5. The van der Waals surface area contributed by atoms with Gasteiger partial charge in [0.1, 0.15) is 12.6 Å². The summed E-state index contributed by atoms with van der Waals surface area (Å²) in [5, 5.41) is 2.68. The monoisotopic (exact) mass is 294 g/mol. The summed E-state index contributed by atoms with van der Waals surface area (Å²) in [6.45, 7) is -1.20. The number of halogens is 3. The molecule has 114 valence electrons. The van der Waals surface area contributed by atoms with Gasteiger partial charge in [0.2, 0.25) is 11.8 Å². The van der Waals surface area contributed by atoms with Gasteiger partial charge in [-0.1, -0.05) is 0 Å².